The van der Waals surface area contributed by atoms with Gasteiger partial charge in [0.25, 0.3) is 0 Å². The average Bonchev–Trinajstić information content (AvgIpc) is 2.36. The van der Waals surface area contributed by atoms with E-state index in [2.05, 4.69) is 0 Å². The highest BCUT2D eigenvalue weighted by molar-refractivity contribution is 5.90. The van der Waals surface area contributed by atoms with Crippen LogP contribution >= 0.6 is 0 Å². The SMILES string of the molecule is CCN(CC1(C)OC(C)CC1=O)C(C)=O. The molecule has 0 aromatic heterocycles. The summed E-state index contributed by atoms with van der Waals surface area (Å²) in [6, 6.07) is 0. The number of hydrogen-bond donors (Lipinski definition) is 0. The molecule has 2 atom stereocenters. The summed E-state index contributed by atoms with van der Waals surface area (Å²) in [5.41, 5.74) is -0.804. The summed E-state index contributed by atoms with van der Waals surface area (Å²) in [7, 11) is 0. The highest BCUT2D eigenvalue weighted by Crippen LogP contribution is 2.27. The molecule has 0 saturated carbocycles. The lowest BCUT2D eigenvalue weighted by Crippen LogP contribution is -2.47. The van der Waals surface area contributed by atoms with E-state index in [-0.39, 0.29) is 17.8 Å². The minimum absolute atomic E-state index is 0.0188. The fourth-order valence-electron chi connectivity index (χ4n) is 1.96. The minimum Gasteiger partial charge on any atom is -0.362 e. The van der Waals surface area contributed by atoms with Crippen molar-refractivity contribution in [1.29, 1.82) is 0 Å². The van der Waals surface area contributed by atoms with Crippen LogP contribution in [0.15, 0.2) is 0 Å². The zero-order chi connectivity index (χ0) is 11.6. The number of nitrogens with zero attached hydrogens (tertiary/aromatic N) is 1. The number of rotatable bonds is 3. The van der Waals surface area contributed by atoms with Crippen molar-refractivity contribution < 1.29 is 14.3 Å². The molecule has 2 unspecified atom stereocenters. The molecule has 0 aromatic rings. The van der Waals surface area contributed by atoms with E-state index in [9.17, 15) is 9.59 Å². The maximum absolute atomic E-state index is 11.7. The van der Waals surface area contributed by atoms with E-state index >= 15 is 0 Å². The first-order valence-electron chi connectivity index (χ1n) is 5.35. The zero-order valence-electron chi connectivity index (χ0n) is 9.87. The smallest absolute Gasteiger partial charge is 0.219 e. The zero-order valence-corrected chi connectivity index (χ0v) is 9.87. The number of likely N-dealkylation sites (N-methyl/N-ethyl adjacent to an activating group) is 1. The van der Waals surface area contributed by atoms with Gasteiger partial charge in [-0.2, -0.15) is 0 Å². The van der Waals surface area contributed by atoms with Crippen LogP contribution in [0.25, 0.3) is 0 Å². The van der Waals surface area contributed by atoms with Crippen LogP contribution in [0.2, 0.25) is 0 Å². The molecule has 0 aliphatic carbocycles. The second-order valence-electron chi connectivity index (χ2n) is 4.32. The molecule has 86 valence electrons. The third kappa shape index (κ3) is 2.56. The van der Waals surface area contributed by atoms with Gasteiger partial charge in [0, 0.05) is 19.9 Å². The van der Waals surface area contributed by atoms with E-state index in [1.807, 2.05) is 13.8 Å². The Morgan fingerprint density at radius 2 is 2.27 bits per heavy atom. The van der Waals surface area contributed by atoms with Crippen LogP contribution in [0, 0.1) is 0 Å². The molecule has 4 heteroatoms. The molecule has 1 saturated heterocycles. The molecule has 0 bridgehead atoms. The molecular weight excluding hydrogens is 194 g/mol. The summed E-state index contributed by atoms with van der Waals surface area (Å²) >= 11 is 0. The Bertz CT molecular complexity index is 277. The van der Waals surface area contributed by atoms with Gasteiger partial charge >= 0.3 is 0 Å². The van der Waals surface area contributed by atoms with E-state index in [0.29, 0.717) is 19.5 Å². The molecule has 15 heavy (non-hydrogen) atoms. The molecule has 1 rings (SSSR count). The average molecular weight is 213 g/mol. The lowest BCUT2D eigenvalue weighted by molar-refractivity contribution is -0.140. The number of carbonyl (C=O) groups excluding carboxylic acids is 2. The summed E-state index contributed by atoms with van der Waals surface area (Å²) in [4.78, 5) is 24.6. The van der Waals surface area contributed by atoms with Crippen molar-refractivity contribution in [3.8, 4) is 0 Å². The molecule has 0 N–H and O–H groups in total. The fraction of sp³-hybridized carbons (Fsp3) is 0.818. The normalized spacial score (nSPS) is 30.7. The number of Topliss-reactive ketones (excluding diaryl/α,β-unsaturated/α-hetero) is 1. The maximum atomic E-state index is 11.7. The molecule has 4 nitrogen and oxygen atoms in total. The van der Waals surface area contributed by atoms with Gasteiger partial charge in [0.2, 0.25) is 5.91 Å². The summed E-state index contributed by atoms with van der Waals surface area (Å²) < 4.78 is 5.60. The molecule has 0 aromatic carbocycles. The van der Waals surface area contributed by atoms with Gasteiger partial charge in [-0.25, -0.2) is 0 Å². The van der Waals surface area contributed by atoms with E-state index < -0.39 is 5.60 Å². The van der Waals surface area contributed by atoms with Gasteiger partial charge in [-0.3, -0.25) is 9.59 Å². The summed E-state index contributed by atoms with van der Waals surface area (Å²) in [6.45, 7) is 8.03. The number of amides is 1. The quantitative estimate of drug-likeness (QED) is 0.702. The Balaban J connectivity index is 2.71. The minimum atomic E-state index is -0.804. The fourth-order valence-corrected chi connectivity index (χ4v) is 1.96. The number of carbonyl (C=O) groups is 2. The first-order chi connectivity index (χ1) is 6.89. The Hall–Kier alpha value is -0.900. The highest BCUT2D eigenvalue weighted by Gasteiger charge is 2.43. The predicted octanol–water partition coefficient (Wildman–Crippen LogP) is 0.991. The summed E-state index contributed by atoms with van der Waals surface area (Å²) in [5.74, 6) is 0.0735. The first-order valence-corrected chi connectivity index (χ1v) is 5.35. The van der Waals surface area contributed by atoms with E-state index in [1.165, 1.54) is 6.92 Å². The van der Waals surface area contributed by atoms with E-state index in [4.69, 9.17) is 4.74 Å². The van der Waals surface area contributed by atoms with Crippen LogP contribution in [0.4, 0.5) is 0 Å². The van der Waals surface area contributed by atoms with Crippen molar-refractivity contribution in [2.75, 3.05) is 13.1 Å². The van der Waals surface area contributed by atoms with Crippen molar-refractivity contribution in [3.63, 3.8) is 0 Å². The van der Waals surface area contributed by atoms with E-state index in [1.54, 1.807) is 11.8 Å². The number of ether oxygens (including phenoxy) is 1. The van der Waals surface area contributed by atoms with Gasteiger partial charge in [0.1, 0.15) is 5.60 Å². The Labute approximate surface area is 90.6 Å². The largest absolute Gasteiger partial charge is 0.362 e. The predicted molar refractivity (Wildman–Crippen MR) is 56.5 cm³/mol. The third-order valence-corrected chi connectivity index (χ3v) is 2.84. The Morgan fingerprint density at radius 1 is 1.67 bits per heavy atom. The monoisotopic (exact) mass is 213 g/mol. The Morgan fingerprint density at radius 3 is 2.60 bits per heavy atom. The summed E-state index contributed by atoms with van der Waals surface area (Å²) in [5, 5.41) is 0. The van der Waals surface area contributed by atoms with Gasteiger partial charge in [-0.1, -0.05) is 0 Å². The van der Waals surface area contributed by atoms with Crippen molar-refractivity contribution in [3.05, 3.63) is 0 Å². The lowest BCUT2D eigenvalue weighted by atomic mass is 10.00. The van der Waals surface area contributed by atoms with Crippen LogP contribution in [-0.2, 0) is 14.3 Å². The second-order valence-corrected chi connectivity index (χ2v) is 4.32. The van der Waals surface area contributed by atoms with Crippen LogP contribution in [-0.4, -0.2) is 41.4 Å². The molecule has 1 aliphatic rings. The van der Waals surface area contributed by atoms with Crippen molar-refractivity contribution in [2.45, 2.75) is 45.8 Å². The van der Waals surface area contributed by atoms with Crippen molar-refractivity contribution in [1.82, 2.24) is 4.90 Å². The number of ketones is 1. The van der Waals surface area contributed by atoms with Gasteiger partial charge in [-0.15, -0.1) is 0 Å². The molecule has 1 heterocycles. The first kappa shape index (κ1) is 12.2. The molecule has 1 fully saturated rings. The topological polar surface area (TPSA) is 46.6 Å². The van der Waals surface area contributed by atoms with Crippen LogP contribution in [0.1, 0.15) is 34.1 Å². The standard InChI is InChI=1S/C11H19NO3/c1-5-12(9(3)13)7-11(4)10(14)6-8(2)15-11/h8H,5-7H2,1-4H3. The molecule has 1 amide bonds. The molecule has 0 radical (unpaired) electrons. The molecular formula is C11H19NO3. The third-order valence-electron chi connectivity index (χ3n) is 2.84. The van der Waals surface area contributed by atoms with Gasteiger partial charge in [0.15, 0.2) is 5.78 Å². The second kappa shape index (κ2) is 4.31. The van der Waals surface area contributed by atoms with Crippen LogP contribution in [0.5, 0.6) is 0 Å². The van der Waals surface area contributed by atoms with E-state index in [0.717, 1.165) is 0 Å². The van der Waals surface area contributed by atoms with Gasteiger partial charge in [0.05, 0.1) is 12.6 Å². The molecule has 1 aliphatic heterocycles. The summed E-state index contributed by atoms with van der Waals surface area (Å²) in [6.07, 6.45) is 0.416. The Kier molecular flexibility index (Phi) is 3.50. The number of hydrogen-bond acceptors (Lipinski definition) is 3. The maximum Gasteiger partial charge on any atom is 0.219 e. The van der Waals surface area contributed by atoms with Gasteiger partial charge < -0.3 is 9.64 Å². The van der Waals surface area contributed by atoms with Crippen LogP contribution < -0.4 is 0 Å². The van der Waals surface area contributed by atoms with Crippen molar-refractivity contribution in [2.24, 2.45) is 0 Å². The molecule has 0 spiro atoms. The van der Waals surface area contributed by atoms with Crippen LogP contribution in [0.3, 0.4) is 0 Å². The lowest BCUT2D eigenvalue weighted by Gasteiger charge is -2.29. The highest BCUT2D eigenvalue weighted by atomic mass is 16.5. The van der Waals surface area contributed by atoms with Crippen molar-refractivity contribution >= 4 is 11.7 Å². The van der Waals surface area contributed by atoms with Gasteiger partial charge in [-0.05, 0) is 20.8 Å².